The van der Waals surface area contributed by atoms with Gasteiger partial charge in [-0.25, -0.2) is 12.7 Å². The molecule has 0 saturated heterocycles. The fourth-order valence-corrected chi connectivity index (χ4v) is 3.76. The van der Waals surface area contributed by atoms with E-state index in [1.54, 1.807) is 0 Å². The predicted octanol–water partition coefficient (Wildman–Crippen LogP) is 1.79. The lowest BCUT2D eigenvalue weighted by molar-refractivity contribution is -0.384. The van der Waals surface area contributed by atoms with Gasteiger partial charge in [0.05, 0.1) is 21.2 Å². The Morgan fingerprint density at radius 2 is 1.84 bits per heavy atom. The van der Waals surface area contributed by atoms with E-state index in [1.807, 2.05) is 0 Å². The Hall–Kier alpha value is -3.64. The monoisotopic (exact) mass is 446 g/mol. The van der Waals surface area contributed by atoms with Crippen molar-refractivity contribution in [1.82, 2.24) is 4.31 Å². The molecule has 1 amide bonds. The average molecular weight is 446 g/mol. The van der Waals surface area contributed by atoms with Gasteiger partial charge in [0.15, 0.2) is 5.92 Å². The molecule has 0 fully saturated rings. The predicted molar refractivity (Wildman–Crippen MR) is 110 cm³/mol. The number of hydrogen-bond acceptors (Lipinski definition) is 8. The van der Waals surface area contributed by atoms with Crippen molar-refractivity contribution in [3.05, 3.63) is 58.6 Å². The van der Waals surface area contributed by atoms with E-state index in [0.29, 0.717) is 0 Å². The third-order valence-corrected chi connectivity index (χ3v) is 6.28. The summed E-state index contributed by atoms with van der Waals surface area (Å²) in [5.74, 6) is -2.90. The minimum atomic E-state index is -3.73. The molecular weight excluding hydrogens is 428 g/mol. The van der Waals surface area contributed by atoms with Gasteiger partial charge in [0.25, 0.3) is 11.6 Å². The number of ether oxygens (including phenoxy) is 1. The number of anilines is 1. The highest BCUT2D eigenvalue weighted by Crippen LogP contribution is 2.28. The van der Waals surface area contributed by atoms with Crippen LogP contribution in [0.1, 0.15) is 6.92 Å². The van der Waals surface area contributed by atoms with Crippen molar-refractivity contribution in [3.8, 4) is 5.75 Å². The number of non-ortho nitro benzene ring substituents is 1. The highest BCUT2D eigenvalue weighted by atomic mass is 32.2. The van der Waals surface area contributed by atoms with Crippen molar-refractivity contribution in [2.24, 2.45) is 11.0 Å². The van der Waals surface area contributed by atoms with Crippen LogP contribution in [-0.2, 0) is 19.6 Å². The maximum atomic E-state index is 12.8. The smallest absolute Gasteiger partial charge is 0.329 e. The Bertz CT molecular complexity index is 1190. The molecule has 1 heterocycles. The number of hydrazone groups is 1. The molecule has 31 heavy (non-hydrogen) atoms. The Labute approximate surface area is 177 Å². The fourth-order valence-electron chi connectivity index (χ4n) is 2.82. The largest absolute Gasteiger partial charge is 0.426 e. The molecule has 0 radical (unpaired) electrons. The van der Waals surface area contributed by atoms with Crippen LogP contribution in [0.5, 0.6) is 5.75 Å². The molecule has 0 bridgehead atoms. The number of nitro groups is 1. The first-order valence-corrected chi connectivity index (χ1v) is 10.3. The van der Waals surface area contributed by atoms with Crippen LogP contribution < -0.4 is 9.75 Å². The molecule has 3 rings (SSSR count). The summed E-state index contributed by atoms with van der Waals surface area (Å²) in [7, 11) is -0.964. The number of hydrogen-bond donors (Lipinski definition) is 0. The van der Waals surface area contributed by atoms with Gasteiger partial charge in [-0.3, -0.25) is 19.7 Å². The molecule has 1 atom stereocenters. The zero-order valence-corrected chi connectivity index (χ0v) is 17.6. The number of carbonyl (C=O) groups excluding carboxylic acids is 2. The second kappa shape index (κ2) is 8.24. The van der Waals surface area contributed by atoms with Gasteiger partial charge in [-0.15, -0.1) is 0 Å². The van der Waals surface area contributed by atoms with Crippen molar-refractivity contribution >= 4 is 39.0 Å². The van der Waals surface area contributed by atoms with E-state index >= 15 is 0 Å². The number of esters is 1. The molecule has 1 aliphatic heterocycles. The van der Waals surface area contributed by atoms with E-state index in [1.165, 1.54) is 69.6 Å². The van der Waals surface area contributed by atoms with E-state index in [-0.39, 0.29) is 27.7 Å². The summed E-state index contributed by atoms with van der Waals surface area (Å²) in [4.78, 5) is 35.5. The van der Waals surface area contributed by atoms with Gasteiger partial charge in [-0.05, 0) is 37.3 Å². The van der Waals surface area contributed by atoms with Gasteiger partial charge in [0, 0.05) is 26.2 Å². The third kappa shape index (κ3) is 4.29. The molecule has 162 valence electrons. The van der Waals surface area contributed by atoms with E-state index in [0.717, 1.165) is 9.31 Å². The number of sulfonamides is 1. The molecule has 0 aromatic heterocycles. The van der Waals surface area contributed by atoms with Crippen LogP contribution in [0.2, 0.25) is 0 Å². The molecule has 2 aromatic carbocycles. The van der Waals surface area contributed by atoms with E-state index < -0.39 is 32.7 Å². The lowest BCUT2D eigenvalue weighted by Gasteiger charge is -2.16. The first-order chi connectivity index (χ1) is 14.5. The lowest BCUT2D eigenvalue weighted by atomic mass is 10.1. The zero-order valence-electron chi connectivity index (χ0n) is 16.8. The van der Waals surface area contributed by atoms with Gasteiger partial charge in [0.1, 0.15) is 5.75 Å². The normalized spacial score (nSPS) is 16.4. The van der Waals surface area contributed by atoms with Crippen LogP contribution in [0.4, 0.5) is 11.4 Å². The minimum absolute atomic E-state index is 0.0347. The van der Waals surface area contributed by atoms with Gasteiger partial charge >= 0.3 is 5.97 Å². The topological polar surface area (TPSA) is 139 Å². The lowest BCUT2D eigenvalue weighted by Crippen LogP contribution is -2.35. The van der Waals surface area contributed by atoms with Crippen LogP contribution in [0.3, 0.4) is 0 Å². The van der Waals surface area contributed by atoms with Crippen molar-refractivity contribution in [2.45, 2.75) is 11.8 Å². The maximum absolute atomic E-state index is 12.8. The molecular formula is C19H18N4O7S. The summed E-state index contributed by atoms with van der Waals surface area (Å²) in [5, 5.41) is 15.8. The number of nitro benzene ring substituents is 1. The number of carbonyl (C=O) groups is 2. The molecule has 0 spiro atoms. The summed E-state index contributed by atoms with van der Waals surface area (Å²) in [6, 6.07) is 10.5. The van der Waals surface area contributed by atoms with Crippen molar-refractivity contribution in [1.29, 1.82) is 0 Å². The molecule has 2 aromatic rings. The van der Waals surface area contributed by atoms with Crippen molar-refractivity contribution < 1.29 is 27.7 Å². The standard InChI is InChI=1S/C19H18N4O7S/c1-12-17(19(25)30-15-9-7-13(8-10-15)23(26)27)18(24)22(20-12)14-5-4-6-16(11-14)31(28,29)21(2)3/h4-11,17H,1-3H3. The average Bonchev–Trinajstić information content (AvgIpc) is 3.02. The first kappa shape index (κ1) is 22.1. The van der Waals surface area contributed by atoms with E-state index in [2.05, 4.69) is 5.10 Å². The van der Waals surface area contributed by atoms with Gasteiger partial charge in [-0.1, -0.05) is 6.07 Å². The number of nitrogens with zero attached hydrogens (tertiary/aromatic N) is 4. The zero-order chi connectivity index (χ0) is 22.9. The molecule has 0 saturated carbocycles. The van der Waals surface area contributed by atoms with Crippen molar-refractivity contribution in [3.63, 3.8) is 0 Å². The Morgan fingerprint density at radius 3 is 2.42 bits per heavy atom. The minimum Gasteiger partial charge on any atom is -0.426 e. The van der Waals surface area contributed by atoms with Gasteiger partial charge in [-0.2, -0.15) is 10.1 Å². The molecule has 12 heteroatoms. The van der Waals surface area contributed by atoms with Crippen LogP contribution in [0.15, 0.2) is 58.5 Å². The van der Waals surface area contributed by atoms with Crippen LogP contribution >= 0.6 is 0 Å². The summed E-state index contributed by atoms with van der Waals surface area (Å²) < 4.78 is 30.9. The van der Waals surface area contributed by atoms with Crippen LogP contribution in [0, 0.1) is 16.0 Å². The number of amides is 1. The second-order valence-corrected chi connectivity index (χ2v) is 8.93. The summed E-state index contributed by atoms with van der Waals surface area (Å²) in [6.45, 7) is 1.47. The molecule has 1 aliphatic rings. The van der Waals surface area contributed by atoms with E-state index in [9.17, 15) is 28.1 Å². The maximum Gasteiger partial charge on any atom is 0.329 e. The summed E-state index contributed by atoms with van der Waals surface area (Å²) in [5.41, 5.74) is 0.170. The molecule has 0 N–H and O–H groups in total. The fraction of sp³-hybridized carbons (Fsp3) is 0.211. The summed E-state index contributed by atoms with van der Waals surface area (Å²) >= 11 is 0. The highest BCUT2D eigenvalue weighted by Gasteiger charge is 2.41. The quantitative estimate of drug-likeness (QED) is 0.217. The van der Waals surface area contributed by atoms with Crippen LogP contribution in [0.25, 0.3) is 0 Å². The molecule has 11 nitrogen and oxygen atoms in total. The molecule has 1 unspecified atom stereocenters. The number of benzene rings is 2. The van der Waals surface area contributed by atoms with E-state index in [4.69, 9.17) is 4.74 Å². The Morgan fingerprint density at radius 1 is 1.19 bits per heavy atom. The third-order valence-electron chi connectivity index (χ3n) is 4.47. The Kier molecular flexibility index (Phi) is 5.86. The van der Waals surface area contributed by atoms with Gasteiger partial charge in [0.2, 0.25) is 10.0 Å². The van der Waals surface area contributed by atoms with Crippen molar-refractivity contribution in [2.75, 3.05) is 19.1 Å². The highest BCUT2D eigenvalue weighted by molar-refractivity contribution is 7.89. The second-order valence-electron chi connectivity index (χ2n) is 6.78. The SMILES string of the molecule is CC1=NN(c2cccc(S(=O)(=O)N(C)C)c2)C(=O)C1C(=O)Oc1ccc([N+](=O)[O-])cc1. The van der Waals surface area contributed by atoms with Crippen LogP contribution in [-0.4, -0.2) is 49.3 Å². The first-order valence-electron chi connectivity index (χ1n) is 8.90. The Balaban J connectivity index is 1.82. The summed E-state index contributed by atoms with van der Waals surface area (Å²) in [6.07, 6.45) is 0. The van der Waals surface area contributed by atoms with Gasteiger partial charge < -0.3 is 4.74 Å². The number of rotatable bonds is 6. The molecule has 0 aliphatic carbocycles.